The molecule has 0 spiro atoms. The van der Waals surface area contributed by atoms with E-state index in [1.807, 2.05) is 19.1 Å². The lowest BCUT2D eigenvalue weighted by Crippen LogP contribution is -2.42. The summed E-state index contributed by atoms with van der Waals surface area (Å²) in [5.41, 5.74) is 1.18. The highest BCUT2D eigenvalue weighted by Crippen LogP contribution is 2.28. The monoisotopic (exact) mass is 389 g/mol. The van der Waals surface area contributed by atoms with Crippen molar-refractivity contribution in [3.8, 4) is 5.75 Å². The molecule has 0 aliphatic heterocycles. The van der Waals surface area contributed by atoms with Crippen molar-refractivity contribution in [1.82, 2.24) is 4.90 Å². The van der Waals surface area contributed by atoms with Gasteiger partial charge in [0, 0.05) is 24.9 Å². The van der Waals surface area contributed by atoms with Crippen LogP contribution in [-0.2, 0) is 9.59 Å². The maximum absolute atomic E-state index is 13.4. The molecule has 148 valence electrons. The number of nitro groups is 1. The Labute approximate surface area is 161 Å². The molecular formula is C19H20FN3O5. The van der Waals surface area contributed by atoms with Crippen LogP contribution in [0.25, 0.3) is 0 Å². The van der Waals surface area contributed by atoms with E-state index in [0.29, 0.717) is 5.69 Å². The fourth-order valence-electron chi connectivity index (χ4n) is 2.42. The third-order valence-corrected chi connectivity index (χ3v) is 3.86. The minimum Gasteiger partial charge on any atom is -0.474 e. The van der Waals surface area contributed by atoms with Crippen LogP contribution < -0.4 is 10.1 Å². The summed E-state index contributed by atoms with van der Waals surface area (Å²) in [5, 5.41) is 13.7. The zero-order valence-electron chi connectivity index (χ0n) is 15.6. The zero-order chi connectivity index (χ0) is 20.8. The third kappa shape index (κ3) is 5.50. The van der Waals surface area contributed by atoms with Gasteiger partial charge in [-0.05, 0) is 32.0 Å². The van der Waals surface area contributed by atoms with Crippen LogP contribution in [0, 0.1) is 22.9 Å². The van der Waals surface area contributed by atoms with Crippen LogP contribution in [-0.4, -0.2) is 41.3 Å². The van der Waals surface area contributed by atoms with Crippen LogP contribution >= 0.6 is 0 Å². The average Bonchev–Trinajstić information content (AvgIpc) is 2.62. The molecule has 2 aromatic rings. The molecule has 0 saturated carbocycles. The Balaban J connectivity index is 1.98. The van der Waals surface area contributed by atoms with Gasteiger partial charge in [0.25, 0.3) is 5.91 Å². The first-order valence-electron chi connectivity index (χ1n) is 8.39. The van der Waals surface area contributed by atoms with Crippen LogP contribution in [0.15, 0.2) is 42.5 Å². The van der Waals surface area contributed by atoms with Crippen LogP contribution in [0.3, 0.4) is 0 Å². The molecule has 2 amide bonds. The SMILES string of the molecule is Cc1ccc(NC(=O)CN(C)C(=O)[C@@H](C)Oc2cc(F)ccc2[N+](=O)[O-])cc1. The zero-order valence-corrected chi connectivity index (χ0v) is 15.6. The van der Waals surface area contributed by atoms with E-state index in [0.717, 1.165) is 28.7 Å². The summed E-state index contributed by atoms with van der Waals surface area (Å²) in [7, 11) is 1.40. The van der Waals surface area contributed by atoms with Gasteiger partial charge in [-0.15, -0.1) is 0 Å². The van der Waals surface area contributed by atoms with Crippen molar-refractivity contribution in [2.24, 2.45) is 0 Å². The van der Waals surface area contributed by atoms with Gasteiger partial charge < -0.3 is 15.0 Å². The van der Waals surface area contributed by atoms with Crippen molar-refractivity contribution >= 4 is 23.2 Å². The number of amides is 2. The van der Waals surface area contributed by atoms with E-state index in [-0.39, 0.29) is 12.3 Å². The molecule has 2 rings (SSSR count). The minimum atomic E-state index is -1.15. The summed E-state index contributed by atoms with van der Waals surface area (Å²) in [4.78, 5) is 35.9. The average molecular weight is 389 g/mol. The molecule has 0 fully saturated rings. The number of carbonyl (C=O) groups is 2. The lowest BCUT2D eigenvalue weighted by atomic mass is 10.2. The molecule has 0 unspecified atom stereocenters. The maximum Gasteiger partial charge on any atom is 0.311 e. The van der Waals surface area contributed by atoms with Crippen molar-refractivity contribution in [3.05, 3.63) is 64.0 Å². The fourth-order valence-corrected chi connectivity index (χ4v) is 2.42. The van der Waals surface area contributed by atoms with Gasteiger partial charge in [-0.3, -0.25) is 19.7 Å². The largest absolute Gasteiger partial charge is 0.474 e. The number of likely N-dealkylation sites (N-methyl/N-ethyl adjacent to an activating group) is 1. The predicted molar refractivity (Wildman–Crippen MR) is 101 cm³/mol. The number of carbonyl (C=O) groups excluding carboxylic acids is 2. The normalized spacial score (nSPS) is 11.4. The van der Waals surface area contributed by atoms with E-state index in [4.69, 9.17) is 4.74 Å². The molecule has 2 aromatic carbocycles. The highest BCUT2D eigenvalue weighted by atomic mass is 19.1. The Bertz CT molecular complexity index is 886. The molecular weight excluding hydrogens is 369 g/mol. The number of hydrogen-bond donors (Lipinski definition) is 1. The van der Waals surface area contributed by atoms with Gasteiger partial charge in [-0.25, -0.2) is 4.39 Å². The number of nitro benzene ring substituents is 1. The summed E-state index contributed by atoms with van der Waals surface area (Å²) < 4.78 is 18.7. The Kier molecular flexibility index (Phi) is 6.64. The van der Waals surface area contributed by atoms with E-state index >= 15 is 0 Å². The second-order valence-corrected chi connectivity index (χ2v) is 6.24. The number of rotatable bonds is 7. The first kappa shape index (κ1) is 20.8. The van der Waals surface area contributed by atoms with Crippen molar-refractivity contribution in [3.63, 3.8) is 0 Å². The molecule has 0 radical (unpaired) electrons. The van der Waals surface area contributed by atoms with Crippen LogP contribution in [0.2, 0.25) is 0 Å². The molecule has 1 N–H and O–H groups in total. The Hall–Kier alpha value is -3.49. The summed E-state index contributed by atoms with van der Waals surface area (Å²) >= 11 is 0. The smallest absolute Gasteiger partial charge is 0.311 e. The molecule has 0 heterocycles. The van der Waals surface area contributed by atoms with E-state index < -0.39 is 34.3 Å². The molecule has 0 aliphatic rings. The summed E-state index contributed by atoms with van der Waals surface area (Å²) in [5.74, 6) is -2.09. The van der Waals surface area contributed by atoms with Gasteiger partial charge in [-0.2, -0.15) is 0 Å². The highest BCUT2D eigenvalue weighted by molar-refractivity contribution is 5.95. The quantitative estimate of drug-likeness (QED) is 0.579. The minimum absolute atomic E-state index is 0.244. The predicted octanol–water partition coefficient (Wildman–Crippen LogP) is 2.91. The lowest BCUT2D eigenvalue weighted by Gasteiger charge is -2.21. The topological polar surface area (TPSA) is 102 Å². The maximum atomic E-state index is 13.4. The fraction of sp³-hybridized carbons (Fsp3) is 0.263. The summed E-state index contributed by atoms with van der Waals surface area (Å²) in [6.07, 6.45) is -1.15. The third-order valence-electron chi connectivity index (χ3n) is 3.86. The van der Waals surface area contributed by atoms with Gasteiger partial charge in [0.15, 0.2) is 6.10 Å². The van der Waals surface area contributed by atoms with E-state index in [9.17, 15) is 24.1 Å². The van der Waals surface area contributed by atoms with Crippen molar-refractivity contribution in [1.29, 1.82) is 0 Å². The molecule has 0 aliphatic carbocycles. The van der Waals surface area contributed by atoms with E-state index in [1.165, 1.54) is 14.0 Å². The Morgan fingerprint density at radius 3 is 2.50 bits per heavy atom. The van der Waals surface area contributed by atoms with E-state index in [1.54, 1.807) is 12.1 Å². The first-order chi connectivity index (χ1) is 13.2. The van der Waals surface area contributed by atoms with Crippen molar-refractivity contribution in [2.75, 3.05) is 18.9 Å². The van der Waals surface area contributed by atoms with Crippen molar-refractivity contribution in [2.45, 2.75) is 20.0 Å². The number of halogens is 1. The molecule has 9 heteroatoms. The van der Waals surface area contributed by atoms with Crippen LogP contribution in [0.4, 0.5) is 15.8 Å². The Morgan fingerprint density at radius 1 is 1.25 bits per heavy atom. The van der Waals surface area contributed by atoms with Crippen LogP contribution in [0.5, 0.6) is 5.75 Å². The van der Waals surface area contributed by atoms with E-state index in [2.05, 4.69) is 5.32 Å². The van der Waals surface area contributed by atoms with Gasteiger partial charge in [0.05, 0.1) is 11.5 Å². The van der Waals surface area contributed by atoms with Gasteiger partial charge in [-0.1, -0.05) is 17.7 Å². The molecule has 0 aromatic heterocycles. The van der Waals surface area contributed by atoms with Gasteiger partial charge in [0.1, 0.15) is 5.82 Å². The first-order valence-corrected chi connectivity index (χ1v) is 8.39. The molecule has 0 bridgehead atoms. The number of nitrogens with one attached hydrogen (secondary N) is 1. The molecule has 8 nitrogen and oxygen atoms in total. The summed E-state index contributed by atoms with van der Waals surface area (Å²) in [6, 6.07) is 9.89. The van der Waals surface area contributed by atoms with Gasteiger partial charge >= 0.3 is 5.69 Å². The van der Waals surface area contributed by atoms with Crippen LogP contribution in [0.1, 0.15) is 12.5 Å². The lowest BCUT2D eigenvalue weighted by molar-refractivity contribution is -0.386. The molecule has 1 atom stereocenters. The second kappa shape index (κ2) is 8.94. The van der Waals surface area contributed by atoms with Crippen molar-refractivity contribution < 1.29 is 23.6 Å². The standard InChI is InChI=1S/C19H20FN3O5/c1-12-4-7-15(8-5-12)21-18(24)11-22(3)19(25)13(2)28-17-10-14(20)6-9-16(17)23(26)27/h4-10,13H,11H2,1-3H3,(H,21,24)/t13-/m1/s1. The summed E-state index contributed by atoms with van der Waals surface area (Å²) in [6.45, 7) is 3.04. The second-order valence-electron chi connectivity index (χ2n) is 6.24. The van der Waals surface area contributed by atoms with Gasteiger partial charge in [0.2, 0.25) is 11.7 Å². The number of hydrogen-bond acceptors (Lipinski definition) is 5. The number of ether oxygens (including phenoxy) is 1. The highest BCUT2D eigenvalue weighted by Gasteiger charge is 2.25. The number of benzene rings is 2. The molecule has 28 heavy (non-hydrogen) atoms. The number of anilines is 1. The Morgan fingerprint density at radius 2 is 1.89 bits per heavy atom. The molecule has 0 saturated heterocycles. The number of aryl methyl sites for hydroxylation is 1. The number of nitrogens with zero attached hydrogens (tertiary/aromatic N) is 2.